The maximum atomic E-state index is 10.7. The third-order valence-electron chi connectivity index (χ3n) is 2.54. The molecule has 20 heavy (non-hydrogen) atoms. The third-order valence-corrected chi connectivity index (χ3v) is 3.20. The standard InChI is InChI=1S/C13H11BrN2O4/c1-8(17)12-5-3-10(7-15-12)20-13-6-9(16(18)19)2-4-11(13)14/h2-8,17H,1H3/t8-/m0/s1. The van der Waals surface area contributed by atoms with Crippen LogP contribution in [-0.4, -0.2) is 15.0 Å². The molecule has 7 heteroatoms. The van der Waals surface area contributed by atoms with E-state index in [4.69, 9.17) is 4.74 Å². The van der Waals surface area contributed by atoms with Crippen LogP contribution < -0.4 is 4.74 Å². The molecule has 1 atom stereocenters. The van der Waals surface area contributed by atoms with Gasteiger partial charge < -0.3 is 9.84 Å². The van der Waals surface area contributed by atoms with Crippen LogP contribution in [0.3, 0.4) is 0 Å². The summed E-state index contributed by atoms with van der Waals surface area (Å²) in [5.41, 5.74) is 0.465. The van der Waals surface area contributed by atoms with Crippen molar-refractivity contribution in [1.29, 1.82) is 0 Å². The number of hydrogen-bond donors (Lipinski definition) is 1. The fraction of sp³-hybridized carbons (Fsp3) is 0.154. The Morgan fingerprint density at radius 3 is 2.70 bits per heavy atom. The number of hydrogen-bond acceptors (Lipinski definition) is 5. The molecule has 0 aliphatic heterocycles. The van der Waals surface area contributed by atoms with E-state index in [0.717, 1.165) is 0 Å². The number of pyridine rings is 1. The largest absolute Gasteiger partial charge is 0.454 e. The number of rotatable bonds is 4. The maximum absolute atomic E-state index is 10.7. The van der Waals surface area contributed by atoms with Crippen LogP contribution in [0, 0.1) is 10.1 Å². The van der Waals surface area contributed by atoms with Crippen molar-refractivity contribution in [2.24, 2.45) is 0 Å². The average molecular weight is 339 g/mol. The predicted octanol–water partition coefficient (Wildman–Crippen LogP) is 3.60. The van der Waals surface area contributed by atoms with E-state index >= 15 is 0 Å². The minimum atomic E-state index is -0.659. The predicted molar refractivity (Wildman–Crippen MR) is 75.7 cm³/mol. The Morgan fingerprint density at radius 2 is 2.15 bits per heavy atom. The fourth-order valence-corrected chi connectivity index (χ4v) is 1.84. The highest BCUT2D eigenvalue weighted by Gasteiger charge is 2.11. The van der Waals surface area contributed by atoms with Gasteiger partial charge in [0.1, 0.15) is 11.5 Å². The number of non-ortho nitro benzene ring substituents is 1. The summed E-state index contributed by atoms with van der Waals surface area (Å²) >= 11 is 3.27. The molecule has 0 unspecified atom stereocenters. The number of nitro groups is 1. The Morgan fingerprint density at radius 1 is 1.40 bits per heavy atom. The van der Waals surface area contributed by atoms with Gasteiger partial charge in [0.2, 0.25) is 0 Å². The Balaban J connectivity index is 2.25. The van der Waals surface area contributed by atoms with E-state index in [-0.39, 0.29) is 5.69 Å². The average Bonchev–Trinajstić information content (AvgIpc) is 2.41. The van der Waals surface area contributed by atoms with Crippen molar-refractivity contribution in [2.75, 3.05) is 0 Å². The number of aliphatic hydroxyl groups is 1. The van der Waals surface area contributed by atoms with Gasteiger partial charge in [0.25, 0.3) is 5.69 Å². The quantitative estimate of drug-likeness (QED) is 0.679. The lowest BCUT2D eigenvalue weighted by Crippen LogP contribution is -1.95. The van der Waals surface area contributed by atoms with Gasteiger partial charge in [-0.25, -0.2) is 0 Å². The van der Waals surface area contributed by atoms with Crippen molar-refractivity contribution in [3.8, 4) is 11.5 Å². The van der Waals surface area contributed by atoms with Crippen LogP contribution in [0.15, 0.2) is 41.0 Å². The van der Waals surface area contributed by atoms with E-state index in [9.17, 15) is 15.2 Å². The zero-order valence-corrected chi connectivity index (χ0v) is 12.1. The minimum absolute atomic E-state index is 0.0586. The van der Waals surface area contributed by atoms with Crippen LogP contribution in [-0.2, 0) is 0 Å². The minimum Gasteiger partial charge on any atom is -0.454 e. The molecule has 0 aliphatic carbocycles. The first-order chi connectivity index (χ1) is 9.47. The van der Waals surface area contributed by atoms with Gasteiger partial charge in [-0.3, -0.25) is 15.1 Å². The first-order valence-electron chi connectivity index (χ1n) is 5.73. The van der Waals surface area contributed by atoms with E-state index in [1.807, 2.05) is 0 Å². The molecule has 6 nitrogen and oxygen atoms in total. The van der Waals surface area contributed by atoms with Gasteiger partial charge in [-0.2, -0.15) is 0 Å². The van der Waals surface area contributed by atoms with Crippen LogP contribution >= 0.6 is 15.9 Å². The highest BCUT2D eigenvalue weighted by molar-refractivity contribution is 9.10. The lowest BCUT2D eigenvalue weighted by Gasteiger charge is -2.08. The van der Waals surface area contributed by atoms with Crippen molar-refractivity contribution in [3.63, 3.8) is 0 Å². The Kier molecular flexibility index (Phi) is 4.31. The summed E-state index contributed by atoms with van der Waals surface area (Å²) in [6.45, 7) is 1.61. The van der Waals surface area contributed by atoms with Crippen LogP contribution in [0.25, 0.3) is 0 Å². The van der Waals surface area contributed by atoms with Gasteiger partial charge in [0.15, 0.2) is 0 Å². The van der Waals surface area contributed by atoms with E-state index < -0.39 is 11.0 Å². The van der Waals surface area contributed by atoms with Crippen molar-refractivity contribution in [3.05, 3.63) is 56.8 Å². The Bertz CT molecular complexity index is 629. The topological polar surface area (TPSA) is 85.5 Å². The first kappa shape index (κ1) is 14.4. The zero-order chi connectivity index (χ0) is 14.7. The van der Waals surface area contributed by atoms with Gasteiger partial charge in [0.05, 0.1) is 33.5 Å². The lowest BCUT2D eigenvalue weighted by molar-refractivity contribution is -0.384. The molecule has 1 aromatic heterocycles. The molecule has 2 rings (SSSR count). The Hall–Kier alpha value is -1.99. The number of benzene rings is 1. The normalized spacial score (nSPS) is 11.9. The second kappa shape index (κ2) is 5.98. The molecule has 0 saturated carbocycles. The summed E-state index contributed by atoms with van der Waals surface area (Å²) in [5, 5.41) is 20.1. The smallest absolute Gasteiger partial charge is 0.273 e. The van der Waals surface area contributed by atoms with Crippen molar-refractivity contribution >= 4 is 21.6 Å². The van der Waals surface area contributed by atoms with E-state index in [0.29, 0.717) is 21.7 Å². The van der Waals surface area contributed by atoms with Crippen LogP contribution in [0.5, 0.6) is 11.5 Å². The summed E-state index contributed by atoms with van der Waals surface area (Å²) in [6, 6.07) is 7.52. The van der Waals surface area contributed by atoms with Gasteiger partial charge in [-0.1, -0.05) is 0 Å². The maximum Gasteiger partial charge on any atom is 0.273 e. The van der Waals surface area contributed by atoms with Crippen LogP contribution in [0.4, 0.5) is 5.69 Å². The lowest BCUT2D eigenvalue weighted by atomic mass is 10.2. The highest BCUT2D eigenvalue weighted by atomic mass is 79.9. The van der Waals surface area contributed by atoms with Gasteiger partial charge in [-0.15, -0.1) is 0 Å². The second-order valence-corrected chi connectivity index (χ2v) is 4.92. The SMILES string of the molecule is C[C@H](O)c1ccc(Oc2cc([N+](=O)[O-])ccc2Br)cn1. The summed E-state index contributed by atoms with van der Waals surface area (Å²) in [4.78, 5) is 14.3. The van der Waals surface area contributed by atoms with E-state index in [2.05, 4.69) is 20.9 Å². The third kappa shape index (κ3) is 3.31. The molecule has 0 radical (unpaired) electrons. The van der Waals surface area contributed by atoms with Gasteiger partial charge in [0, 0.05) is 6.07 Å². The van der Waals surface area contributed by atoms with Crippen molar-refractivity contribution < 1.29 is 14.8 Å². The van der Waals surface area contributed by atoms with Crippen molar-refractivity contribution in [2.45, 2.75) is 13.0 Å². The molecule has 2 aromatic rings. The molecular formula is C13H11BrN2O4. The Labute approximate surface area is 123 Å². The highest BCUT2D eigenvalue weighted by Crippen LogP contribution is 2.32. The fourth-order valence-electron chi connectivity index (χ4n) is 1.51. The van der Waals surface area contributed by atoms with Crippen LogP contribution in [0.1, 0.15) is 18.7 Å². The molecule has 0 saturated heterocycles. The molecular weight excluding hydrogens is 328 g/mol. The summed E-state index contributed by atoms with van der Waals surface area (Å²) in [6.07, 6.45) is 0.793. The number of halogens is 1. The number of aliphatic hydroxyl groups excluding tert-OH is 1. The molecule has 0 bridgehead atoms. The number of nitrogens with zero attached hydrogens (tertiary/aromatic N) is 2. The zero-order valence-electron chi connectivity index (χ0n) is 10.5. The molecule has 1 heterocycles. The molecule has 104 valence electrons. The summed E-state index contributed by atoms with van der Waals surface area (Å²) < 4.78 is 6.14. The number of aromatic nitrogens is 1. The second-order valence-electron chi connectivity index (χ2n) is 4.07. The summed E-state index contributed by atoms with van der Waals surface area (Å²) in [7, 11) is 0. The van der Waals surface area contributed by atoms with E-state index in [1.54, 1.807) is 25.1 Å². The summed E-state index contributed by atoms with van der Waals surface area (Å²) in [5.74, 6) is 0.751. The molecule has 0 aliphatic rings. The molecule has 1 N–H and O–H groups in total. The van der Waals surface area contributed by atoms with Gasteiger partial charge in [-0.05, 0) is 41.1 Å². The molecule has 1 aromatic carbocycles. The number of nitro benzene ring substituents is 1. The monoisotopic (exact) mass is 338 g/mol. The van der Waals surface area contributed by atoms with E-state index in [1.165, 1.54) is 18.3 Å². The van der Waals surface area contributed by atoms with Gasteiger partial charge >= 0.3 is 0 Å². The van der Waals surface area contributed by atoms with Crippen molar-refractivity contribution in [1.82, 2.24) is 4.98 Å². The molecule has 0 spiro atoms. The number of ether oxygens (including phenoxy) is 1. The first-order valence-corrected chi connectivity index (χ1v) is 6.52. The van der Waals surface area contributed by atoms with Crippen LogP contribution in [0.2, 0.25) is 0 Å². The molecule has 0 amide bonds. The molecule has 0 fully saturated rings.